The summed E-state index contributed by atoms with van der Waals surface area (Å²) in [6, 6.07) is 25.2. The van der Waals surface area contributed by atoms with Gasteiger partial charge in [-0.2, -0.15) is 0 Å². The number of anilines is 1. The average Bonchev–Trinajstić information content (AvgIpc) is 2.93. The lowest BCUT2D eigenvalue weighted by molar-refractivity contribution is -0.170. The molecule has 0 aromatic heterocycles. The van der Waals surface area contributed by atoms with Crippen LogP contribution in [0.1, 0.15) is 42.6 Å². The van der Waals surface area contributed by atoms with Gasteiger partial charge in [0.25, 0.3) is 0 Å². The van der Waals surface area contributed by atoms with E-state index in [2.05, 4.69) is 79.8 Å². The third-order valence-corrected chi connectivity index (χ3v) is 5.87. The number of carboxylic acids is 3. The first-order valence-corrected chi connectivity index (χ1v) is 13.5. The Balaban J connectivity index is 0.000000351. The first kappa shape index (κ1) is 37.2. The zero-order valence-corrected chi connectivity index (χ0v) is 25.1. The molecule has 3 aromatic rings. The van der Waals surface area contributed by atoms with Crippen LogP contribution in [0, 0.1) is 6.92 Å². The molecule has 3 rings (SSSR count). The quantitative estimate of drug-likeness (QED) is 0.163. The zero-order chi connectivity index (χ0) is 33.3. The summed E-state index contributed by atoms with van der Waals surface area (Å²) in [5.74, 6) is -4.94. The number of carbonyl (C=O) groups excluding carboxylic acids is 1. The summed E-state index contributed by atoms with van der Waals surface area (Å²) in [6.45, 7) is 5.23. The molecule has 12 nitrogen and oxygen atoms in total. The van der Waals surface area contributed by atoms with Crippen molar-refractivity contribution in [3.63, 3.8) is 0 Å². The van der Waals surface area contributed by atoms with Crippen molar-refractivity contribution in [2.75, 3.05) is 32.6 Å². The number of aliphatic hydroxyl groups is 1. The van der Waals surface area contributed by atoms with Crippen molar-refractivity contribution < 1.29 is 49.4 Å². The van der Waals surface area contributed by atoms with Gasteiger partial charge in [-0.15, -0.1) is 0 Å². The molecule has 0 aliphatic carbocycles. The van der Waals surface area contributed by atoms with Crippen LogP contribution in [0.25, 0.3) is 0 Å². The van der Waals surface area contributed by atoms with Crippen LogP contribution in [0.5, 0.6) is 5.75 Å². The fourth-order valence-electron chi connectivity index (χ4n) is 3.69. The van der Waals surface area contributed by atoms with Crippen LogP contribution in [-0.2, 0) is 23.9 Å². The predicted molar refractivity (Wildman–Crippen MR) is 163 cm³/mol. The normalized spacial score (nSPS) is 11.2. The molecule has 3 aromatic carbocycles. The third kappa shape index (κ3) is 14.4. The molecule has 12 heteroatoms. The molecular formula is C32H40N2O10. The molecule has 0 aliphatic heterocycles. The number of rotatable bonds is 12. The SMILES string of the molecule is CC(=O)Nc1ccc(O)cc1.Cc1ccccc1C(OCCN(C)C)c1ccccc1.O=C(O)CC(O)(CC(=O)O)C(=O)O. The summed E-state index contributed by atoms with van der Waals surface area (Å²) in [5.41, 5.74) is 1.68. The van der Waals surface area contributed by atoms with Gasteiger partial charge in [0.15, 0.2) is 5.60 Å². The number of amides is 1. The molecule has 44 heavy (non-hydrogen) atoms. The van der Waals surface area contributed by atoms with Gasteiger partial charge >= 0.3 is 17.9 Å². The molecule has 238 valence electrons. The Bertz CT molecular complexity index is 1330. The van der Waals surface area contributed by atoms with E-state index >= 15 is 0 Å². The number of phenols is 1. The van der Waals surface area contributed by atoms with Gasteiger partial charge in [0, 0.05) is 19.2 Å². The van der Waals surface area contributed by atoms with Crippen molar-refractivity contribution in [1.82, 2.24) is 4.90 Å². The Morgan fingerprint density at radius 2 is 1.36 bits per heavy atom. The van der Waals surface area contributed by atoms with E-state index in [0.29, 0.717) is 5.69 Å². The Morgan fingerprint density at radius 3 is 1.82 bits per heavy atom. The number of phenolic OH excluding ortho intramolecular Hbond substituents is 1. The number of benzene rings is 3. The van der Waals surface area contributed by atoms with Crippen LogP contribution in [-0.4, -0.2) is 87.1 Å². The Kier molecular flexibility index (Phi) is 15.8. The van der Waals surface area contributed by atoms with Gasteiger partial charge in [-0.3, -0.25) is 14.4 Å². The number of likely N-dealkylation sites (N-methyl/N-ethyl adjacent to an activating group) is 1. The summed E-state index contributed by atoms with van der Waals surface area (Å²) >= 11 is 0. The lowest BCUT2D eigenvalue weighted by Gasteiger charge is -2.22. The second-order valence-corrected chi connectivity index (χ2v) is 10.0. The molecule has 0 heterocycles. The molecule has 0 radical (unpaired) electrons. The summed E-state index contributed by atoms with van der Waals surface area (Å²) in [7, 11) is 4.13. The first-order valence-electron chi connectivity index (χ1n) is 13.5. The van der Waals surface area contributed by atoms with Crippen molar-refractivity contribution in [3.8, 4) is 5.75 Å². The number of hydrogen-bond acceptors (Lipinski definition) is 8. The Hall–Kier alpha value is -4.78. The monoisotopic (exact) mass is 612 g/mol. The summed E-state index contributed by atoms with van der Waals surface area (Å²) in [6.07, 6.45) is -2.28. The van der Waals surface area contributed by atoms with E-state index in [1.54, 1.807) is 12.1 Å². The highest BCUT2D eigenvalue weighted by molar-refractivity contribution is 5.89. The van der Waals surface area contributed by atoms with E-state index in [1.807, 2.05) is 6.07 Å². The van der Waals surface area contributed by atoms with Crippen molar-refractivity contribution >= 4 is 29.5 Å². The fourth-order valence-corrected chi connectivity index (χ4v) is 3.69. The van der Waals surface area contributed by atoms with Gasteiger partial charge in [0.2, 0.25) is 5.91 Å². The van der Waals surface area contributed by atoms with Crippen LogP contribution >= 0.6 is 0 Å². The van der Waals surface area contributed by atoms with Gasteiger partial charge in [-0.1, -0.05) is 54.6 Å². The minimum absolute atomic E-state index is 0.0114. The van der Waals surface area contributed by atoms with Crippen molar-refractivity contribution in [3.05, 3.63) is 95.6 Å². The summed E-state index contributed by atoms with van der Waals surface area (Å²) < 4.78 is 6.16. The molecule has 0 fully saturated rings. The summed E-state index contributed by atoms with van der Waals surface area (Å²) in [4.78, 5) is 43.1. The van der Waals surface area contributed by atoms with Gasteiger partial charge in [-0.25, -0.2) is 4.79 Å². The van der Waals surface area contributed by atoms with Crippen LogP contribution in [0.15, 0.2) is 78.9 Å². The minimum Gasteiger partial charge on any atom is -0.508 e. The molecule has 6 N–H and O–H groups in total. The Morgan fingerprint density at radius 1 is 0.841 bits per heavy atom. The van der Waals surface area contributed by atoms with Crippen LogP contribution in [0.3, 0.4) is 0 Å². The number of ether oxygens (including phenoxy) is 1. The lowest BCUT2D eigenvalue weighted by atomic mass is 9.96. The average molecular weight is 613 g/mol. The van der Waals surface area contributed by atoms with Crippen molar-refractivity contribution in [1.29, 1.82) is 0 Å². The molecule has 0 saturated carbocycles. The Labute approximate surface area is 256 Å². The number of nitrogens with one attached hydrogen (secondary N) is 1. The van der Waals surface area contributed by atoms with E-state index in [-0.39, 0.29) is 17.8 Å². The lowest BCUT2D eigenvalue weighted by Crippen LogP contribution is -2.42. The molecule has 1 unspecified atom stereocenters. The molecule has 0 saturated heterocycles. The topological polar surface area (TPSA) is 194 Å². The number of carbonyl (C=O) groups is 4. The maximum Gasteiger partial charge on any atom is 0.336 e. The van der Waals surface area contributed by atoms with Crippen LogP contribution in [0.4, 0.5) is 5.69 Å². The highest BCUT2D eigenvalue weighted by Crippen LogP contribution is 2.28. The first-order chi connectivity index (χ1) is 20.6. The highest BCUT2D eigenvalue weighted by atomic mass is 16.5. The van der Waals surface area contributed by atoms with Gasteiger partial charge < -0.3 is 40.5 Å². The second-order valence-electron chi connectivity index (χ2n) is 10.0. The number of aromatic hydroxyl groups is 1. The van der Waals surface area contributed by atoms with Crippen LogP contribution < -0.4 is 5.32 Å². The zero-order valence-electron chi connectivity index (χ0n) is 25.1. The fraction of sp³-hybridized carbons (Fsp3) is 0.312. The van der Waals surface area contributed by atoms with Gasteiger partial charge in [-0.05, 0) is 62.0 Å². The maximum atomic E-state index is 10.5. The number of nitrogens with zero attached hydrogens (tertiary/aromatic N) is 1. The molecule has 1 atom stereocenters. The van der Waals surface area contributed by atoms with Crippen molar-refractivity contribution in [2.24, 2.45) is 0 Å². The van der Waals surface area contributed by atoms with Gasteiger partial charge in [0.05, 0.1) is 19.4 Å². The molecule has 0 aliphatic rings. The van der Waals surface area contributed by atoms with Gasteiger partial charge in [0.1, 0.15) is 11.9 Å². The predicted octanol–water partition coefficient (Wildman–Crippen LogP) is 3.76. The number of aliphatic carboxylic acids is 3. The van der Waals surface area contributed by atoms with E-state index in [1.165, 1.54) is 35.7 Å². The minimum atomic E-state index is -2.74. The molecule has 0 spiro atoms. The number of hydrogen-bond donors (Lipinski definition) is 6. The number of carboxylic acid groups (broad SMARTS) is 3. The van der Waals surface area contributed by atoms with Crippen molar-refractivity contribution in [2.45, 2.75) is 38.4 Å². The highest BCUT2D eigenvalue weighted by Gasteiger charge is 2.40. The van der Waals surface area contributed by atoms with Crippen LogP contribution in [0.2, 0.25) is 0 Å². The largest absolute Gasteiger partial charge is 0.508 e. The second kappa shape index (κ2) is 18.7. The molecule has 1 amide bonds. The smallest absolute Gasteiger partial charge is 0.336 e. The third-order valence-electron chi connectivity index (χ3n) is 5.87. The van der Waals surface area contributed by atoms with E-state index in [0.717, 1.165) is 13.2 Å². The molecule has 0 bridgehead atoms. The summed E-state index contributed by atoms with van der Waals surface area (Å²) in [5, 5.41) is 45.3. The molecular weight excluding hydrogens is 572 g/mol. The number of aryl methyl sites for hydroxylation is 1. The maximum absolute atomic E-state index is 10.5. The standard InChI is InChI=1S/C18H23NO.C8H9NO2.C6H8O7/c1-15-9-7-8-12-17(15)18(20-14-13-19(2)3)16-10-5-4-6-11-16;1-6(10)9-7-2-4-8(11)5-3-7;7-3(8)1-6(13,5(11)12)2-4(9)10/h4-12,18H,13-14H2,1-3H3;2-5,11H,1H3,(H,9,10);13H,1-2H2,(H,7,8)(H,9,10)(H,11,12). The van der Waals surface area contributed by atoms with E-state index < -0.39 is 36.4 Å². The van der Waals surface area contributed by atoms with E-state index in [9.17, 15) is 19.2 Å². The van der Waals surface area contributed by atoms with E-state index in [4.69, 9.17) is 30.3 Å².